The Bertz CT molecular complexity index is 1190. The second kappa shape index (κ2) is 10.3. The molecule has 1 aromatic heterocycles. The van der Waals surface area contributed by atoms with Gasteiger partial charge in [0.05, 0.1) is 24.6 Å². The number of ether oxygens (including phenoxy) is 2. The molecule has 2 aliphatic heterocycles. The number of fused-ring (bicyclic) bond motifs is 1. The first-order valence-corrected chi connectivity index (χ1v) is 11.9. The minimum Gasteiger partial charge on any atom is -0.491 e. The Labute approximate surface area is 207 Å². The van der Waals surface area contributed by atoms with Crippen LogP contribution in [0.1, 0.15) is 50.3 Å². The molecule has 0 bridgehead atoms. The Morgan fingerprint density at radius 2 is 1.89 bits per heavy atom. The zero-order valence-corrected chi connectivity index (χ0v) is 20.3. The maximum atomic E-state index is 13.7. The average molecular weight is 504 g/mol. The first kappa shape index (κ1) is 25.7. The SMILES string of the molecule is CC.CC1(C(=O)N2Cc3ccc(-c4noc(C(F)(F)F)n4)cc3OCC2c2ccccc2)CCOC1. The van der Waals surface area contributed by atoms with Gasteiger partial charge in [-0.1, -0.05) is 61.5 Å². The van der Waals surface area contributed by atoms with Crippen molar-refractivity contribution in [2.75, 3.05) is 19.8 Å². The van der Waals surface area contributed by atoms with Crippen LogP contribution in [0.25, 0.3) is 11.4 Å². The van der Waals surface area contributed by atoms with Gasteiger partial charge in [-0.25, -0.2) is 0 Å². The summed E-state index contributed by atoms with van der Waals surface area (Å²) in [4.78, 5) is 19.0. The molecule has 1 saturated heterocycles. The van der Waals surface area contributed by atoms with E-state index in [4.69, 9.17) is 9.47 Å². The van der Waals surface area contributed by atoms with Crippen molar-refractivity contribution in [3.8, 4) is 17.1 Å². The molecule has 0 saturated carbocycles. The number of benzene rings is 2. The van der Waals surface area contributed by atoms with Crippen LogP contribution < -0.4 is 4.74 Å². The van der Waals surface area contributed by atoms with Crippen molar-refractivity contribution in [1.29, 1.82) is 0 Å². The van der Waals surface area contributed by atoms with E-state index in [1.54, 1.807) is 18.2 Å². The second-order valence-electron chi connectivity index (χ2n) is 8.78. The van der Waals surface area contributed by atoms with E-state index >= 15 is 0 Å². The summed E-state index contributed by atoms with van der Waals surface area (Å²) in [6, 6.07) is 14.2. The van der Waals surface area contributed by atoms with Gasteiger partial charge in [-0.05, 0) is 25.0 Å². The smallest absolute Gasteiger partial charge is 0.471 e. The maximum Gasteiger partial charge on any atom is 0.471 e. The number of amides is 1. The highest BCUT2D eigenvalue weighted by molar-refractivity contribution is 5.83. The van der Waals surface area contributed by atoms with Gasteiger partial charge >= 0.3 is 12.1 Å². The molecule has 1 amide bonds. The predicted molar refractivity (Wildman–Crippen MR) is 125 cm³/mol. The third-order valence-corrected chi connectivity index (χ3v) is 6.29. The van der Waals surface area contributed by atoms with Crippen molar-refractivity contribution in [1.82, 2.24) is 15.0 Å². The number of hydrogen-bond donors (Lipinski definition) is 0. The number of nitrogens with zero attached hydrogens (tertiary/aromatic N) is 3. The zero-order valence-electron chi connectivity index (χ0n) is 20.3. The monoisotopic (exact) mass is 503 g/mol. The molecule has 0 aliphatic carbocycles. The van der Waals surface area contributed by atoms with E-state index in [9.17, 15) is 18.0 Å². The summed E-state index contributed by atoms with van der Waals surface area (Å²) >= 11 is 0. The van der Waals surface area contributed by atoms with Gasteiger partial charge < -0.3 is 18.9 Å². The van der Waals surface area contributed by atoms with Crippen molar-refractivity contribution in [2.24, 2.45) is 5.41 Å². The Balaban J connectivity index is 0.00000148. The third-order valence-electron chi connectivity index (χ3n) is 6.29. The molecular formula is C26H28F3N3O4. The predicted octanol–water partition coefficient (Wildman–Crippen LogP) is 5.67. The summed E-state index contributed by atoms with van der Waals surface area (Å²) in [6.45, 7) is 7.27. The van der Waals surface area contributed by atoms with E-state index in [0.717, 1.165) is 11.1 Å². The minimum atomic E-state index is -4.72. The first-order valence-electron chi connectivity index (χ1n) is 11.9. The first-order chi connectivity index (χ1) is 17.2. The molecule has 10 heteroatoms. The second-order valence-corrected chi connectivity index (χ2v) is 8.78. The summed E-state index contributed by atoms with van der Waals surface area (Å²) in [7, 11) is 0. The van der Waals surface area contributed by atoms with Crippen LogP contribution in [0.2, 0.25) is 0 Å². The summed E-state index contributed by atoms with van der Waals surface area (Å²) in [6.07, 6.45) is -4.09. The van der Waals surface area contributed by atoms with Crippen LogP contribution >= 0.6 is 0 Å². The van der Waals surface area contributed by atoms with Gasteiger partial charge in [-0.3, -0.25) is 4.79 Å². The molecule has 2 unspecified atom stereocenters. The van der Waals surface area contributed by atoms with E-state index in [1.165, 1.54) is 0 Å². The van der Waals surface area contributed by atoms with Crippen LogP contribution in [0, 0.1) is 5.41 Å². The number of rotatable bonds is 3. The van der Waals surface area contributed by atoms with Crippen LogP contribution in [0.3, 0.4) is 0 Å². The van der Waals surface area contributed by atoms with E-state index in [1.807, 2.05) is 56.0 Å². The molecule has 1 fully saturated rings. The van der Waals surface area contributed by atoms with Gasteiger partial charge in [0.2, 0.25) is 11.7 Å². The molecule has 0 radical (unpaired) electrons. The Kier molecular flexibility index (Phi) is 7.35. The van der Waals surface area contributed by atoms with Crippen LogP contribution in [-0.4, -0.2) is 40.8 Å². The highest BCUT2D eigenvalue weighted by Crippen LogP contribution is 2.39. The van der Waals surface area contributed by atoms with Crippen molar-refractivity contribution >= 4 is 5.91 Å². The molecule has 3 aromatic rings. The fourth-order valence-electron chi connectivity index (χ4n) is 4.31. The zero-order chi connectivity index (χ0) is 25.9. The number of carbonyl (C=O) groups is 1. The van der Waals surface area contributed by atoms with E-state index in [0.29, 0.717) is 30.9 Å². The lowest BCUT2D eigenvalue weighted by atomic mass is 9.87. The number of carbonyl (C=O) groups excluding carboxylic acids is 1. The van der Waals surface area contributed by atoms with Crippen molar-refractivity contribution < 1.29 is 32.0 Å². The number of halogens is 3. The van der Waals surface area contributed by atoms with Gasteiger partial charge in [0.15, 0.2) is 0 Å². The lowest BCUT2D eigenvalue weighted by molar-refractivity contribution is -0.159. The Morgan fingerprint density at radius 1 is 1.14 bits per heavy atom. The van der Waals surface area contributed by atoms with E-state index < -0.39 is 17.5 Å². The molecule has 2 atom stereocenters. The molecule has 7 nitrogen and oxygen atoms in total. The minimum absolute atomic E-state index is 0.0210. The van der Waals surface area contributed by atoms with E-state index in [-0.39, 0.29) is 30.9 Å². The van der Waals surface area contributed by atoms with Gasteiger partial charge in [0, 0.05) is 17.7 Å². The summed E-state index contributed by atoms with van der Waals surface area (Å²) in [5.74, 6) is -1.16. The largest absolute Gasteiger partial charge is 0.491 e. The Morgan fingerprint density at radius 3 is 2.53 bits per heavy atom. The molecule has 3 heterocycles. The molecular weight excluding hydrogens is 475 g/mol. The summed E-state index contributed by atoms with van der Waals surface area (Å²) < 4.78 is 54.5. The maximum absolute atomic E-state index is 13.7. The third kappa shape index (κ3) is 5.09. The Hall–Kier alpha value is -3.40. The van der Waals surface area contributed by atoms with Crippen LogP contribution in [0.15, 0.2) is 53.1 Å². The van der Waals surface area contributed by atoms with Crippen molar-refractivity contribution in [3.63, 3.8) is 0 Å². The molecule has 0 N–H and O–H groups in total. The molecule has 36 heavy (non-hydrogen) atoms. The van der Waals surface area contributed by atoms with E-state index in [2.05, 4.69) is 14.7 Å². The van der Waals surface area contributed by atoms with Gasteiger partial charge in [0.25, 0.3) is 0 Å². The van der Waals surface area contributed by atoms with Gasteiger partial charge in [-0.2, -0.15) is 18.2 Å². The fourth-order valence-corrected chi connectivity index (χ4v) is 4.31. The van der Waals surface area contributed by atoms with Crippen LogP contribution in [-0.2, 0) is 22.3 Å². The number of aromatic nitrogens is 2. The van der Waals surface area contributed by atoms with Gasteiger partial charge in [-0.15, -0.1) is 0 Å². The summed E-state index contributed by atoms with van der Waals surface area (Å²) in [5, 5.41) is 3.45. The van der Waals surface area contributed by atoms with Crippen molar-refractivity contribution in [2.45, 2.75) is 46.0 Å². The molecule has 2 aliphatic rings. The van der Waals surface area contributed by atoms with Crippen LogP contribution in [0.4, 0.5) is 13.2 Å². The number of alkyl halides is 3. The summed E-state index contributed by atoms with van der Waals surface area (Å²) in [5.41, 5.74) is 1.36. The molecule has 5 rings (SSSR count). The van der Waals surface area contributed by atoms with Crippen molar-refractivity contribution in [3.05, 3.63) is 65.5 Å². The number of hydrogen-bond acceptors (Lipinski definition) is 6. The molecule has 2 aromatic carbocycles. The lowest BCUT2D eigenvalue weighted by Crippen LogP contribution is -2.45. The standard InChI is InChI=1S/C24H22F3N3O4.C2H6/c1-23(9-10-32-14-23)22(31)30-12-17-8-7-16(20-28-21(34-29-20)24(25,26)27)11-19(17)33-13-18(30)15-5-3-2-4-6-15;1-2/h2-8,11,18H,9-10,12-14H2,1H3;1-2H3. The lowest BCUT2D eigenvalue weighted by Gasteiger charge is -2.35. The molecule has 0 spiro atoms. The topological polar surface area (TPSA) is 77.7 Å². The molecule has 192 valence electrons. The average Bonchev–Trinajstić information content (AvgIpc) is 3.52. The van der Waals surface area contributed by atoms with Gasteiger partial charge in [0.1, 0.15) is 12.4 Å². The normalized spacial score (nSPS) is 21.6. The van der Waals surface area contributed by atoms with Crippen LogP contribution in [0.5, 0.6) is 5.75 Å². The highest BCUT2D eigenvalue weighted by Gasteiger charge is 2.43. The quantitative estimate of drug-likeness (QED) is 0.458. The highest BCUT2D eigenvalue weighted by atomic mass is 19.4. The fraction of sp³-hybridized carbons (Fsp3) is 0.423.